The molecular formula is C21H42NO2. The minimum atomic E-state index is -0.783. The molecule has 1 atom stereocenters. The van der Waals surface area contributed by atoms with Crippen molar-refractivity contribution in [3.05, 3.63) is 6.92 Å². The summed E-state index contributed by atoms with van der Waals surface area (Å²) in [6.07, 6.45) is 20.0. The number of nitrogens with one attached hydrogen (secondary N) is 1. The van der Waals surface area contributed by atoms with Crippen molar-refractivity contribution in [1.29, 1.82) is 0 Å². The summed E-state index contributed by atoms with van der Waals surface area (Å²) in [5, 5.41) is 11.8. The van der Waals surface area contributed by atoms with E-state index in [9.17, 15) is 9.90 Å². The molecule has 0 aromatic carbocycles. The Kier molecular flexibility index (Phi) is 18.3. The van der Waals surface area contributed by atoms with Gasteiger partial charge in [-0.25, -0.2) is 0 Å². The highest BCUT2D eigenvalue weighted by molar-refractivity contribution is 5.75. The number of amides is 1. The number of aliphatic hydroxyl groups excluding tert-OH is 1. The lowest BCUT2D eigenvalue weighted by atomic mass is 10.0. The molecule has 0 aromatic heterocycles. The van der Waals surface area contributed by atoms with Crippen molar-refractivity contribution >= 4 is 5.91 Å². The van der Waals surface area contributed by atoms with Gasteiger partial charge in [-0.05, 0) is 19.8 Å². The zero-order valence-corrected chi connectivity index (χ0v) is 16.2. The fourth-order valence-corrected chi connectivity index (χ4v) is 2.99. The van der Waals surface area contributed by atoms with Gasteiger partial charge >= 0.3 is 0 Å². The molecule has 0 aliphatic rings. The first-order valence-electron chi connectivity index (χ1n) is 10.5. The Morgan fingerprint density at radius 3 is 1.54 bits per heavy atom. The van der Waals surface area contributed by atoms with Crippen molar-refractivity contribution in [2.24, 2.45) is 0 Å². The molecule has 0 aromatic rings. The highest BCUT2D eigenvalue weighted by atomic mass is 16.3. The Hall–Kier alpha value is -0.570. The highest BCUT2D eigenvalue weighted by Gasteiger charge is 2.05. The lowest BCUT2D eigenvalue weighted by molar-refractivity contribution is -0.124. The molecule has 1 amide bonds. The van der Waals surface area contributed by atoms with Gasteiger partial charge in [-0.3, -0.25) is 4.79 Å². The first-order valence-corrected chi connectivity index (χ1v) is 10.5. The third-order valence-corrected chi connectivity index (χ3v) is 4.61. The van der Waals surface area contributed by atoms with Crippen molar-refractivity contribution in [3.63, 3.8) is 0 Å². The molecule has 3 heteroatoms. The lowest BCUT2D eigenvalue weighted by Gasteiger charge is -2.09. The number of unbranched alkanes of at least 4 members (excludes halogenated alkanes) is 14. The number of aliphatic hydroxyl groups is 1. The van der Waals surface area contributed by atoms with Crippen molar-refractivity contribution in [2.75, 3.05) is 0 Å². The monoisotopic (exact) mass is 340 g/mol. The van der Waals surface area contributed by atoms with Gasteiger partial charge in [-0.15, -0.1) is 0 Å². The average molecular weight is 341 g/mol. The standard InChI is InChI=1S/C21H42NO2/c1-3-5-6-7-8-9-10-11-12-13-14-15-16-17-18-19-21(24)22-20(23)4-2/h20,23H,2-19H2,1H3,(H,22,24). The summed E-state index contributed by atoms with van der Waals surface area (Å²) in [5.41, 5.74) is 0. The molecule has 0 bridgehead atoms. The van der Waals surface area contributed by atoms with Gasteiger partial charge in [0.05, 0.1) is 0 Å². The number of rotatable bonds is 18. The molecule has 1 radical (unpaired) electrons. The largest absolute Gasteiger partial charge is 0.374 e. The molecule has 24 heavy (non-hydrogen) atoms. The SMILES string of the molecule is [CH2]CC(O)NC(=O)CCCCCCCCCCCCCCCCC. The minimum Gasteiger partial charge on any atom is -0.374 e. The van der Waals surface area contributed by atoms with Crippen LogP contribution in [0.4, 0.5) is 0 Å². The van der Waals surface area contributed by atoms with E-state index >= 15 is 0 Å². The van der Waals surface area contributed by atoms with E-state index in [1.54, 1.807) is 0 Å². The fraction of sp³-hybridized carbons (Fsp3) is 0.905. The molecule has 143 valence electrons. The van der Waals surface area contributed by atoms with Crippen molar-refractivity contribution in [2.45, 2.75) is 122 Å². The van der Waals surface area contributed by atoms with Crippen LogP contribution in [0.15, 0.2) is 0 Å². The zero-order chi connectivity index (χ0) is 17.9. The minimum absolute atomic E-state index is 0.0548. The number of carbonyl (C=O) groups is 1. The van der Waals surface area contributed by atoms with Crippen LogP contribution in [0.3, 0.4) is 0 Å². The smallest absolute Gasteiger partial charge is 0.221 e. The van der Waals surface area contributed by atoms with E-state index in [0.717, 1.165) is 12.8 Å². The van der Waals surface area contributed by atoms with Gasteiger partial charge < -0.3 is 10.4 Å². The summed E-state index contributed by atoms with van der Waals surface area (Å²) in [6, 6.07) is 0. The van der Waals surface area contributed by atoms with E-state index in [0.29, 0.717) is 12.8 Å². The predicted octanol–water partition coefficient (Wildman–Crippen LogP) is 5.91. The Balaban J connectivity index is 3.11. The summed E-state index contributed by atoms with van der Waals surface area (Å²) in [7, 11) is 0. The first kappa shape index (κ1) is 23.4. The van der Waals surface area contributed by atoms with Crippen LogP contribution in [0, 0.1) is 6.92 Å². The Labute approximate surface area is 151 Å². The number of carbonyl (C=O) groups excluding carboxylic acids is 1. The van der Waals surface area contributed by atoms with E-state index in [4.69, 9.17) is 0 Å². The molecular weight excluding hydrogens is 298 g/mol. The third-order valence-electron chi connectivity index (χ3n) is 4.61. The second-order valence-corrected chi connectivity index (χ2v) is 7.07. The molecule has 0 saturated carbocycles. The molecule has 0 aliphatic carbocycles. The van der Waals surface area contributed by atoms with E-state index in [1.165, 1.54) is 83.5 Å². The van der Waals surface area contributed by atoms with Crippen LogP contribution in [0.5, 0.6) is 0 Å². The first-order chi connectivity index (χ1) is 11.7. The molecule has 0 rings (SSSR count). The topological polar surface area (TPSA) is 49.3 Å². The van der Waals surface area contributed by atoms with Crippen LogP contribution in [0.2, 0.25) is 0 Å². The van der Waals surface area contributed by atoms with E-state index in [1.807, 2.05) is 0 Å². The van der Waals surface area contributed by atoms with Crippen LogP contribution < -0.4 is 5.32 Å². The molecule has 3 nitrogen and oxygen atoms in total. The van der Waals surface area contributed by atoms with Crippen LogP contribution in [0.25, 0.3) is 0 Å². The van der Waals surface area contributed by atoms with E-state index in [2.05, 4.69) is 19.2 Å². The number of hydrogen-bond donors (Lipinski definition) is 2. The lowest BCUT2D eigenvalue weighted by Crippen LogP contribution is -2.33. The van der Waals surface area contributed by atoms with Crippen LogP contribution in [-0.4, -0.2) is 17.2 Å². The normalized spacial score (nSPS) is 12.3. The Bertz CT molecular complexity index is 269. The van der Waals surface area contributed by atoms with Crippen molar-refractivity contribution < 1.29 is 9.90 Å². The summed E-state index contributed by atoms with van der Waals surface area (Å²) in [6.45, 7) is 5.82. The summed E-state index contributed by atoms with van der Waals surface area (Å²) < 4.78 is 0. The Morgan fingerprint density at radius 2 is 1.17 bits per heavy atom. The average Bonchev–Trinajstić information content (AvgIpc) is 2.58. The molecule has 0 spiro atoms. The predicted molar refractivity (Wildman–Crippen MR) is 104 cm³/mol. The molecule has 1 unspecified atom stereocenters. The van der Waals surface area contributed by atoms with Gasteiger partial charge in [0.15, 0.2) is 0 Å². The summed E-state index contributed by atoms with van der Waals surface area (Å²) in [4.78, 5) is 11.4. The van der Waals surface area contributed by atoms with Gasteiger partial charge in [0, 0.05) is 6.42 Å². The summed E-state index contributed by atoms with van der Waals surface area (Å²) >= 11 is 0. The second-order valence-electron chi connectivity index (χ2n) is 7.07. The quantitative estimate of drug-likeness (QED) is 0.241. The van der Waals surface area contributed by atoms with Gasteiger partial charge in [0.25, 0.3) is 0 Å². The van der Waals surface area contributed by atoms with Crippen LogP contribution >= 0.6 is 0 Å². The molecule has 2 N–H and O–H groups in total. The van der Waals surface area contributed by atoms with Gasteiger partial charge in [-0.1, -0.05) is 96.8 Å². The molecule has 0 aliphatic heterocycles. The van der Waals surface area contributed by atoms with Crippen molar-refractivity contribution in [1.82, 2.24) is 5.32 Å². The summed E-state index contributed by atoms with van der Waals surface area (Å²) in [5.74, 6) is -0.0548. The molecule has 0 fully saturated rings. The van der Waals surface area contributed by atoms with Crippen LogP contribution in [-0.2, 0) is 4.79 Å². The molecule has 0 saturated heterocycles. The third kappa shape index (κ3) is 17.8. The molecule has 0 heterocycles. The second kappa shape index (κ2) is 18.8. The van der Waals surface area contributed by atoms with Gasteiger partial charge in [0.2, 0.25) is 5.91 Å². The van der Waals surface area contributed by atoms with Gasteiger partial charge in [-0.2, -0.15) is 0 Å². The van der Waals surface area contributed by atoms with E-state index in [-0.39, 0.29) is 5.91 Å². The maximum Gasteiger partial charge on any atom is 0.221 e. The zero-order valence-electron chi connectivity index (χ0n) is 16.2. The maximum atomic E-state index is 11.4. The highest BCUT2D eigenvalue weighted by Crippen LogP contribution is 2.13. The van der Waals surface area contributed by atoms with Crippen molar-refractivity contribution in [3.8, 4) is 0 Å². The van der Waals surface area contributed by atoms with Crippen LogP contribution in [0.1, 0.15) is 116 Å². The maximum absolute atomic E-state index is 11.4. The van der Waals surface area contributed by atoms with E-state index < -0.39 is 6.23 Å². The Morgan fingerprint density at radius 1 is 0.792 bits per heavy atom. The van der Waals surface area contributed by atoms with Gasteiger partial charge in [0.1, 0.15) is 6.23 Å². The fourth-order valence-electron chi connectivity index (χ4n) is 2.99. The number of hydrogen-bond acceptors (Lipinski definition) is 2.